The molecular formula is C13H8BrCl2N3. The Morgan fingerprint density at radius 2 is 1.74 bits per heavy atom. The molecule has 3 rings (SSSR count). The maximum absolute atomic E-state index is 6.04. The van der Waals surface area contributed by atoms with Gasteiger partial charge >= 0.3 is 0 Å². The summed E-state index contributed by atoms with van der Waals surface area (Å²) in [6.07, 6.45) is 0. The number of rotatable bonds is 1. The van der Waals surface area contributed by atoms with Crippen molar-refractivity contribution in [2.24, 2.45) is 0 Å². The third-order valence-corrected chi connectivity index (χ3v) is 3.90. The zero-order chi connectivity index (χ0) is 13.6. The molecule has 6 heteroatoms. The Morgan fingerprint density at radius 1 is 1.05 bits per heavy atom. The van der Waals surface area contributed by atoms with Crippen molar-refractivity contribution in [3.8, 4) is 5.69 Å². The van der Waals surface area contributed by atoms with Gasteiger partial charge in [0.25, 0.3) is 0 Å². The van der Waals surface area contributed by atoms with Crippen LogP contribution in [0.5, 0.6) is 0 Å². The van der Waals surface area contributed by atoms with E-state index in [9.17, 15) is 0 Å². The predicted octanol–water partition coefficient (Wildman–Crippen LogP) is 4.68. The summed E-state index contributed by atoms with van der Waals surface area (Å²) >= 11 is 15.5. The molecular weight excluding hydrogens is 349 g/mol. The van der Waals surface area contributed by atoms with Gasteiger partial charge < -0.3 is 5.73 Å². The minimum atomic E-state index is 0.403. The maximum atomic E-state index is 6.04. The highest BCUT2D eigenvalue weighted by Gasteiger charge is 2.13. The fourth-order valence-corrected chi connectivity index (χ4v) is 3.01. The van der Waals surface area contributed by atoms with Crippen LogP contribution in [0.25, 0.3) is 16.7 Å². The number of nitrogen functional groups attached to an aromatic ring is 1. The zero-order valence-electron chi connectivity index (χ0n) is 9.57. The van der Waals surface area contributed by atoms with Gasteiger partial charge in [-0.15, -0.1) is 0 Å². The van der Waals surface area contributed by atoms with E-state index in [0.29, 0.717) is 16.0 Å². The fourth-order valence-electron chi connectivity index (χ4n) is 1.98. The van der Waals surface area contributed by atoms with Crippen LogP contribution in [0.4, 0.5) is 5.95 Å². The van der Waals surface area contributed by atoms with Crippen LogP contribution in [0.2, 0.25) is 10.0 Å². The quantitative estimate of drug-likeness (QED) is 0.688. The Bertz CT molecular complexity index is 783. The summed E-state index contributed by atoms with van der Waals surface area (Å²) in [5.74, 6) is 0.403. The second-order valence-corrected chi connectivity index (χ2v) is 5.76. The van der Waals surface area contributed by atoms with E-state index in [0.717, 1.165) is 21.2 Å². The first-order valence-corrected chi connectivity index (χ1v) is 7.00. The van der Waals surface area contributed by atoms with E-state index in [1.54, 1.807) is 12.1 Å². The molecule has 0 radical (unpaired) electrons. The third kappa shape index (κ3) is 2.20. The zero-order valence-corrected chi connectivity index (χ0v) is 12.7. The topological polar surface area (TPSA) is 43.8 Å². The van der Waals surface area contributed by atoms with Gasteiger partial charge in [-0.1, -0.05) is 23.2 Å². The van der Waals surface area contributed by atoms with E-state index >= 15 is 0 Å². The Kier molecular flexibility index (Phi) is 3.17. The molecule has 3 nitrogen and oxygen atoms in total. The molecule has 0 atom stereocenters. The van der Waals surface area contributed by atoms with Crippen molar-refractivity contribution in [2.75, 3.05) is 5.73 Å². The van der Waals surface area contributed by atoms with Crippen LogP contribution in [0, 0.1) is 0 Å². The highest BCUT2D eigenvalue weighted by Crippen LogP contribution is 2.31. The van der Waals surface area contributed by atoms with E-state index < -0.39 is 0 Å². The number of hydrogen-bond donors (Lipinski definition) is 1. The van der Waals surface area contributed by atoms with Crippen molar-refractivity contribution in [3.63, 3.8) is 0 Å². The molecule has 0 aliphatic carbocycles. The molecule has 0 fully saturated rings. The molecule has 0 bridgehead atoms. The van der Waals surface area contributed by atoms with Gasteiger partial charge in [0.15, 0.2) is 0 Å². The minimum Gasteiger partial charge on any atom is -0.369 e. The number of hydrogen-bond acceptors (Lipinski definition) is 2. The number of fused-ring (bicyclic) bond motifs is 1. The lowest BCUT2D eigenvalue weighted by atomic mass is 10.3. The molecule has 0 aliphatic rings. The third-order valence-electron chi connectivity index (χ3n) is 2.79. The van der Waals surface area contributed by atoms with Crippen LogP contribution in [0.15, 0.2) is 40.9 Å². The van der Waals surface area contributed by atoms with Crippen LogP contribution in [-0.4, -0.2) is 9.55 Å². The first-order chi connectivity index (χ1) is 9.06. The summed E-state index contributed by atoms with van der Waals surface area (Å²) in [5, 5.41) is 1.29. The van der Waals surface area contributed by atoms with Crippen LogP contribution in [0.3, 0.4) is 0 Å². The van der Waals surface area contributed by atoms with E-state index in [2.05, 4.69) is 20.9 Å². The number of nitrogens with two attached hydrogens (primary N) is 1. The summed E-state index contributed by atoms with van der Waals surface area (Å²) in [6.45, 7) is 0. The molecule has 0 unspecified atom stereocenters. The number of anilines is 1. The molecule has 0 spiro atoms. The minimum absolute atomic E-state index is 0.403. The lowest BCUT2D eigenvalue weighted by Crippen LogP contribution is -2.01. The van der Waals surface area contributed by atoms with Crippen LogP contribution in [-0.2, 0) is 0 Å². The first kappa shape index (κ1) is 12.8. The summed E-state index contributed by atoms with van der Waals surface area (Å²) in [5.41, 5.74) is 8.51. The van der Waals surface area contributed by atoms with E-state index in [4.69, 9.17) is 28.9 Å². The largest absolute Gasteiger partial charge is 0.369 e. The Morgan fingerprint density at radius 3 is 2.47 bits per heavy atom. The van der Waals surface area contributed by atoms with Crippen molar-refractivity contribution >= 4 is 56.1 Å². The van der Waals surface area contributed by atoms with Crippen molar-refractivity contribution in [3.05, 3.63) is 50.9 Å². The molecule has 1 aromatic heterocycles. The molecule has 0 saturated heterocycles. The number of halogens is 3. The molecule has 0 amide bonds. The van der Waals surface area contributed by atoms with Gasteiger partial charge in [-0.05, 0) is 52.3 Å². The average molecular weight is 357 g/mol. The second kappa shape index (κ2) is 4.71. The lowest BCUT2D eigenvalue weighted by molar-refractivity contribution is 1.10. The number of imidazole rings is 1. The SMILES string of the molecule is Nc1nc2ccc(Cl)cc2n1-c1ccc(Cl)cc1Br. The smallest absolute Gasteiger partial charge is 0.205 e. The van der Waals surface area contributed by atoms with Crippen LogP contribution < -0.4 is 5.73 Å². The predicted molar refractivity (Wildman–Crippen MR) is 83.2 cm³/mol. The number of nitrogens with zero attached hydrogens (tertiary/aromatic N) is 2. The second-order valence-electron chi connectivity index (χ2n) is 4.03. The van der Waals surface area contributed by atoms with Gasteiger partial charge in [-0.25, -0.2) is 4.98 Å². The molecule has 3 aromatic rings. The van der Waals surface area contributed by atoms with Crippen LogP contribution in [0.1, 0.15) is 0 Å². The Balaban J connectivity index is 2.35. The molecule has 2 aromatic carbocycles. The van der Waals surface area contributed by atoms with Gasteiger partial charge in [0.05, 0.1) is 16.7 Å². The lowest BCUT2D eigenvalue weighted by Gasteiger charge is -2.09. The molecule has 96 valence electrons. The molecule has 19 heavy (non-hydrogen) atoms. The van der Waals surface area contributed by atoms with Gasteiger partial charge in [-0.3, -0.25) is 4.57 Å². The summed E-state index contributed by atoms with van der Waals surface area (Å²) in [4.78, 5) is 4.32. The van der Waals surface area contributed by atoms with Crippen molar-refractivity contribution in [2.45, 2.75) is 0 Å². The van der Waals surface area contributed by atoms with Gasteiger partial charge in [0.1, 0.15) is 0 Å². The van der Waals surface area contributed by atoms with Gasteiger partial charge in [-0.2, -0.15) is 0 Å². The molecule has 2 N–H and O–H groups in total. The van der Waals surface area contributed by atoms with Gasteiger partial charge in [0, 0.05) is 14.5 Å². The van der Waals surface area contributed by atoms with E-state index in [1.165, 1.54) is 0 Å². The van der Waals surface area contributed by atoms with Crippen LogP contribution >= 0.6 is 39.1 Å². The average Bonchev–Trinajstić information content (AvgIpc) is 2.65. The normalized spacial score (nSPS) is 11.1. The molecule has 0 aliphatic heterocycles. The Labute approximate surface area is 128 Å². The summed E-state index contributed by atoms with van der Waals surface area (Å²) in [7, 11) is 0. The number of benzene rings is 2. The summed E-state index contributed by atoms with van der Waals surface area (Å²) in [6, 6.07) is 11.0. The van der Waals surface area contributed by atoms with E-state index in [1.807, 2.05) is 28.8 Å². The van der Waals surface area contributed by atoms with Crippen molar-refractivity contribution in [1.29, 1.82) is 0 Å². The fraction of sp³-hybridized carbons (Fsp3) is 0. The van der Waals surface area contributed by atoms with Crippen molar-refractivity contribution < 1.29 is 0 Å². The van der Waals surface area contributed by atoms with Crippen molar-refractivity contribution in [1.82, 2.24) is 9.55 Å². The number of aromatic nitrogens is 2. The van der Waals surface area contributed by atoms with E-state index in [-0.39, 0.29) is 0 Å². The standard InChI is InChI=1S/C13H8BrCl2N3/c14-9-5-7(15)2-4-11(9)19-12-6-8(16)1-3-10(12)18-13(19)17/h1-6H,(H2,17,18). The first-order valence-electron chi connectivity index (χ1n) is 5.45. The highest BCUT2D eigenvalue weighted by atomic mass is 79.9. The Hall–Kier alpha value is -1.23. The summed E-state index contributed by atoms with van der Waals surface area (Å²) < 4.78 is 2.67. The molecule has 0 saturated carbocycles. The van der Waals surface area contributed by atoms with Gasteiger partial charge in [0.2, 0.25) is 5.95 Å². The molecule has 1 heterocycles. The maximum Gasteiger partial charge on any atom is 0.205 e. The highest BCUT2D eigenvalue weighted by molar-refractivity contribution is 9.10. The monoisotopic (exact) mass is 355 g/mol.